The van der Waals surface area contributed by atoms with Crippen LogP contribution in [0.3, 0.4) is 0 Å². The normalized spacial score (nSPS) is 16.3. The van der Waals surface area contributed by atoms with Crippen LogP contribution < -0.4 is 15.5 Å². The van der Waals surface area contributed by atoms with Crippen molar-refractivity contribution in [1.82, 2.24) is 5.32 Å². The van der Waals surface area contributed by atoms with Crippen LogP contribution >= 0.6 is 11.6 Å². The van der Waals surface area contributed by atoms with Gasteiger partial charge in [-0.15, -0.1) is 11.6 Å². The minimum Gasteiger partial charge on any atom is -0.336 e. The van der Waals surface area contributed by atoms with Gasteiger partial charge in [-0.2, -0.15) is 0 Å². The molecule has 1 fully saturated rings. The van der Waals surface area contributed by atoms with Gasteiger partial charge < -0.3 is 10.6 Å². The Bertz CT molecular complexity index is 459. The highest BCUT2D eigenvalue weighted by molar-refractivity contribution is 6.32. The van der Waals surface area contributed by atoms with Gasteiger partial charge >= 0.3 is 6.03 Å². The third kappa shape index (κ3) is 2.73. The Morgan fingerprint density at radius 1 is 1.44 bits per heavy atom. The van der Waals surface area contributed by atoms with Gasteiger partial charge in [-0.25, -0.2) is 4.79 Å². The summed E-state index contributed by atoms with van der Waals surface area (Å²) >= 11 is 5.66. The lowest BCUT2D eigenvalue weighted by Crippen LogP contribution is -2.27. The van der Waals surface area contributed by atoms with E-state index in [2.05, 4.69) is 10.6 Å². The molecule has 1 atom stereocenters. The number of carbonyl (C=O) groups is 2. The molecule has 6 heteroatoms. The molecule has 0 aromatic heterocycles. The third-order valence-corrected chi connectivity index (χ3v) is 2.86. The van der Waals surface area contributed by atoms with E-state index in [1.807, 2.05) is 0 Å². The van der Waals surface area contributed by atoms with Gasteiger partial charge in [0.05, 0.1) is 0 Å². The zero-order chi connectivity index (χ0) is 13.1. The number of anilines is 2. The van der Waals surface area contributed by atoms with Crippen LogP contribution in [-0.4, -0.2) is 30.4 Å². The highest BCUT2D eigenvalue weighted by Gasteiger charge is 2.20. The number of nitrogens with zero attached hydrogens (tertiary/aromatic N) is 1. The summed E-state index contributed by atoms with van der Waals surface area (Å²) in [5, 5.41) is 4.84. The number of rotatable bonds is 3. The van der Waals surface area contributed by atoms with Crippen molar-refractivity contribution in [3.05, 3.63) is 24.3 Å². The SMILES string of the molecule is CC(Cl)C(=O)Nc1ccc(N2CCNC2=O)cc1. The number of amides is 3. The maximum absolute atomic E-state index is 11.5. The van der Waals surface area contributed by atoms with E-state index >= 15 is 0 Å². The lowest BCUT2D eigenvalue weighted by Gasteiger charge is -2.14. The molecule has 0 saturated carbocycles. The first-order chi connectivity index (χ1) is 8.58. The van der Waals surface area contributed by atoms with E-state index in [0.717, 1.165) is 5.69 Å². The number of hydrogen-bond acceptors (Lipinski definition) is 2. The number of hydrogen-bond donors (Lipinski definition) is 2. The topological polar surface area (TPSA) is 61.4 Å². The highest BCUT2D eigenvalue weighted by atomic mass is 35.5. The molecule has 1 aromatic carbocycles. The van der Waals surface area contributed by atoms with Crippen LogP contribution in [-0.2, 0) is 4.79 Å². The van der Waals surface area contributed by atoms with Crippen LogP contribution in [0.4, 0.5) is 16.2 Å². The summed E-state index contributed by atoms with van der Waals surface area (Å²) in [6.45, 7) is 2.92. The van der Waals surface area contributed by atoms with Crippen molar-refractivity contribution in [1.29, 1.82) is 0 Å². The Labute approximate surface area is 110 Å². The number of nitrogens with one attached hydrogen (secondary N) is 2. The lowest BCUT2D eigenvalue weighted by atomic mass is 10.2. The average molecular weight is 268 g/mol. The maximum atomic E-state index is 11.5. The molecule has 0 aliphatic carbocycles. The fourth-order valence-corrected chi connectivity index (χ4v) is 1.74. The molecule has 0 bridgehead atoms. The monoisotopic (exact) mass is 267 g/mol. The first-order valence-electron chi connectivity index (χ1n) is 5.68. The molecule has 96 valence electrons. The summed E-state index contributed by atoms with van der Waals surface area (Å²) < 4.78 is 0. The van der Waals surface area contributed by atoms with Crippen LogP contribution in [0.5, 0.6) is 0 Å². The zero-order valence-corrected chi connectivity index (χ0v) is 10.7. The van der Waals surface area contributed by atoms with Gasteiger partial charge in [-0.1, -0.05) is 0 Å². The predicted octanol–water partition coefficient (Wildman–Crippen LogP) is 1.78. The molecule has 1 unspecified atom stereocenters. The number of halogens is 1. The van der Waals surface area contributed by atoms with Crippen molar-refractivity contribution < 1.29 is 9.59 Å². The van der Waals surface area contributed by atoms with Crippen LogP contribution in [0.2, 0.25) is 0 Å². The highest BCUT2D eigenvalue weighted by Crippen LogP contribution is 2.19. The molecule has 1 saturated heterocycles. The molecule has 1 aromatic rings. The number of benzene rings is 1. The van der Waals surface area contributed by atoms with E-state index in [-0.39, 0.29) is 11.9 Å². The largest absolute Gasteiger partial charge is 0.336 e. The maximum Gasteiger partial charge on any atom is 0.321 e. The van der Waals surface area contributed by atoms with Gasteiger partial charge in [-0.05, 0) is 31.2 Å². The van der Waals surface area contributed by atoms with Crippen LogP contribution in [0.25, 0.3) is 0 Å². The van der Waals surface area contributed by atoms with Crippen LogP contribution in [0.1, 0.15) is 6.92 Å². The minimum absolute atomic E-state index is 0.0961. The van der Waals surface area contributed by atoms with Crippen LogP contribution in [0.15, 0.2) is 24.3 Å². The van der Waals surface area contributed by atoms with Gasteiger partial charge in [0.2, 0.25) is 5.91 Å². The van der Waals surface area contributed by atoms with Crippen molar-refractivity contribution in [2.45, 2.75) is 12.3 Å². The van der Waals surface area contributed by atoms with E-state index in [0.29, 0.717) is 18.8 Å². The quantitative estimate of drug-likeness (QED) is 0.820. The Hall–Kier alpha value is -1.75. The van der Waals surface area contributed by atoms with Gasteiger partial charge in [0, 0.05) is 24.5 Å². The Morgan fingerprint density at radius 2 is 2.11 bits per heavy atom. The van der Waals surface area contributed by atoms with E-state index in [9.17, 15) is 9.59 Å². The van der Waals surface area contributed by atoms with Crippen molar-refractivity contribution in [2.75, 3.05) is 23.3 Å². The Morgan fingerprint density at radius 3 is 2.61 bits per heavy atom. The predicted molar refractivity (Wildman–Crippen MR) is 71.1 cm³/mol. The molecular weight excluding hydrogens is 254 g/mol. The summed E-state index contributed by atoms with van der Waals surface area (Å²) in [4.78, 5) is 24.5. The minimum atomic E-state index is -0.575. The molecule has 5 nitrogen and oxygen atoms in total. The second-order valence-electron chi connectivity index (χ2n) is 4.04. The second-order valence-corrected chi connectivity index (χ2v) is 4.69. The van der Waals surface area contributed by atoms with E-state index in [4.69, 9.17) is 11.6 Å². The zero-order valence-electron chi connectivity index (χ0n) is 9.94. The molecule has 3 amide bonds. The summed E-state index contributed by atoms with van der Waals surface area (Å²) in [6, 6.07) is 6.98. The Balaban J connectivity index is 2.06. The molecular formula is C12H14ClN3O2. The smallest absolute Gasteiger partial charge is 0.321 e. The molecule has 0 radical (unpaired) electrons. The van der Waals surface area contributed by atoms with E-state index in [1.54, 1.807) is 36.1 Å². The Kier molecular flexibility index (Phi) is 3.72. The summed E-state index contributed by atoms with van der Waals surface area (Å²) in [5.41, 5.74) is 1.47. The molecule has 1 heterocycles. The van der Waals surface area contributed by atoms with Gasteiger partial charge in [0.15, 0.2) is 0 Å². The molecule has 1 aliphatic rings. The molecule has 18 heavy (non-hydrogen) atoms. The van der Waals surface area contributed by atoms with Crippen molar-refractivity contribution in [3.8, 4) is 0 Å². The summed E-state index contributed by atoms with van der Waals surface area (Å²) in [7, 11) is 0. The summed E-state index contributed by atoms with van der Waals surface area (Å²) in [6.07, 6.45) is 0. The van der Waals surface area contributed by atoms with Crippen molar-refractivity contribution >= 4 is 34.9 Å². The molecule has 2 rings (SSSR count). The molecule has 2 N–H and O–H groups in total. The fourth-order valence-electron chi connectivity index (χ4n) is 1.68. The summed E-state index contributed by atoms with van der Waals surface area (Å²) in [5.74, 6) is -0.247. The number of alkyl halides is 1. The molecule has 1 aliphatic heterocycles. The van der Waals surface area contributed by atoms with Gasteiger partial charge in [0.25, 0.3) is 0 Å². The van der Waals surface area contributed by atoms with E-state index < -0.39 is 5.38 Å². The number of urea groups is 1. The molecule has 0 spiro atoms. The number of carbonyl (C=O) groups excluding carboxylic acids is 2. The first-order valence-corrected chi connectivity index (χ1v) is 6.12. The third-order valence-electron chi connectivity index (χ3n) is 2.66. The fraction of sp³-hybridized carbons (Fsp3) is 0.333. The van der Waals surface area contributed by atoms with Crippen molar-refractivity contribution in [3.63, 3.8) is 0 Å². The lowest BCUT2D eigenvalue weighted by molar-refractivity contribution is -0.115. The average Bonchev–Trinajstić information content (AvgIpc) is 2.76. The van der Waals surface area contributed by atoms with E-state index in [1.165, 1.54) is 0 Å². The van der Waals surface area contributed by atoms with Crippen LogP contribution in [0, 0.1) is 0 Å². The first kappa shape index (κ1) is 12.7. The van der Waals surface area contributed by atoms with Gasteiger partial charge in [0.1, 0.15) is 5.38 Å². The van der Waals surface area contributed by atoms with Gasteiger partial charge in [-0.3, -0.25) is 9.69 Å². The standard InChI is InChI=1S/C12H14ClN3O2/c1-8(13)11(17)15-9-2-4-10(5-3-9)16-7-6-14-12(16)18/h2-5,8H,6-7H2,1H3,(H,14,18)(H,15,17). The second kappa shape index (κ2) is 5.27. The van der Waals surface area contributed by atoms with Crippen molar-refractivity contribution in [2.24, 2.45) is 0 Å².